The van der Waals surface area contributed by atoms with Gasteiger partial charge in [-0.15, -0.1) is 0 Å². The van der Waals surface area contributed by atoms with Gasteiger partial charge >= 0.3 is 0 Å². The molecule has 0 aliphatic carbocycles. The van der Waals surface area contributed by atoms with Gasteiger partial charge in [0.1, 0.15) is 18.5 Å². The van der Waals surface area contributed by atoms with E-state index < -0.39 is 0 Å². The van der Waals surface area contributed by atoms with E-state index in [2.05, 4.69) is 22.1 Å². The summed E-state index contributed by atoms with van der Waals surface area (Å²) in [6.07, 6.45) is 1.58. The number of carbonyl (C=O) groups is 1. The molecule has 0 radical (unpaired) electrons. The number of nitrogens with zero attached hydrogens (tertiary/aromatic N) is 3. The van der Waals surface area contributed by atoms with Crippen molar-refractivity contribution in [1.29, 1.82) is 0 Å². The summed E-state index contributed by atoms with van der Waals surface area (Å²) in [5.41, 5.74) is 1.05. The molecule has 1 fully saturated rings. The Bertz CT molecular complexity index is 674. The van der Waals surface area contributed by atoms with Crippen molar-refractivity contribution in [3.05, 3.63) is 47.5 Å². The number of hydrogen-bond acceptors (Lipinski definition) is 5. The Morgan fingerprint density at radius 1 is 1.40 bits per heavy atom. The highest BCUT2D eigenvalue weighted by Crippen LogP contribution is 2.19. The second kappa shape index (κ2) is 8.73. The number of carbonyl (C=O) groups excluding carboxylic acids is 1. The number of benzene rings is 1. The SMILES string of the molecule is CCCc1nc([C@@H]2CN(C(=O)COCc3ccccc3)CCO2)n[nH]1. The van der Waals surface area contributed by atoms with Crippen LogP contribution in [0.3, 0.4) is 0 Å². The fourth-order valence-electron chi connectivity index (χ4n) is 2.76. The van der Waals surface area contributed by atoms with Gasteiger partial charge in [0.25, 0.3) is 0 Å². The molecule has 3 rings (SSSR count). The highest BCUT2D eigenvalue weighted by atomic mass is 16.5. The average Bonchev–Trinajstić information content (AvgIpc) is 3.12. The van der Waals surface area contributed by atoms with Crippen LogP contribution in [0.4, 0.5) is 0 Å². The fourth-order valence-corrected chi connectivity index (χ4v) is 2.76. The maximum absolute atomic E-state index is 12.4. The molecule has 0 saturated carbocycles. The van der Waals surface area contributed by atoms with Crippen LogP contribution in [0, 0.1) is 0 Å². The number of rotatable bonds is 7. The standard InChI is InChI=1S/C18H24N4O3/c1-2-6-16-19-18(21-20-16)15-11-22(9-10-25-15)17(23)13-24-12-14-7-4-3-5-8-14/h3-5,7-8,15H,2,6,9-13H2,1H3,(H,19,20,21)/t15-/m0/s1. The lowest BCUT2D eigenvalue weighted by Crippen LogP contribution is -2.44. The first-order valence-electron chi connectivity index (χ1n) is 8.68. The molecule has 0 unspecified atom stereocenters. The summed E-state index contributed by atoms with van der Waals surface area (Å²) in [5, 5.41) is 7.15. The summed E-state index contributed by atoms with van der Waals surface area (Å²) in [6, 6.07) is 9.82. The average molecular weight is 344 g/mol. The van der Waals surface area contributed by atoms with Crippen LogP contribution in [-0.2, 0) is 27.3 Å². The predicted octanol–water partition coefficient (Wildman–Crippen LogP) is 1.87. The smallest absolute Gasteiger partial charge is 0.248 e. The number of aromatic amines is 1. The molecule has 1 aliphatic heterocycles. The van der Waals surface area contributed by atoms with Crippen LogP contribution >= 0.6 is 0 Å². The van der Waals surface area contributed by atoms with Crippen molar-refractivity contribution in [2.45, 2.75) is 32.5 Å². The molecule has 134 valence electrons. The Kier molecular flexibility index (Phi) is 6.14. The van der Waals surface area contributed by atoms with E-state index in [1.165, 1.54) is 0 Å². The molecule has 0 spiro atoms. The Morgan fingerprint density at radius 3 is 3.04 bits per heavy atom. The van der Waals surface area contributed by atoms with Crippen LogP contribution in [0.5, 0.6) is 0 Å². The molecule has 0 bridgehead atoms. The topological polar surface area (TPSA) is 80.3 Å². The van der Waals surface area contributed by atoms with E-state index in [-0.39, 0.29) is 18.6 Å². The van der Waals surface area contributed by atoms with Crippen molar-refractivity contribution in [3.63, 3.8) is 0 Å². The molecular weight excluding hydrogens is 320 g/mol. The number of ether oxygens (including phenoxy) is 2. The minimum atomic E-state index is -0.284. The molecule has 1 aromatic carbocycles. The number of aryl methyl sites for hydroxylation is 1. The molecule has 7 heteroatoms. The molecule has 1 saturated heterocycles. The lowest BCUT2D eigenvalue weighted by atomic mass is 10.2. The quantitative estimate of drug-likeness (QED) is 0.829. The van der Waals surface area contributed by atoms with E-state index in [1.807, 2.05) is 30.3 Å². The molecule has 1 amide bonds. The first-order chi connectivity index (χ1) is 12.3. The maximum Gasteiger partial charge on any atom is 0.248 e. The molecule has 1 atom stereocenters. The van der Waals surface area contributed by atoms with Gasteiger partial charge in [0.15, 0.2) is 5.82 Å². The van der Waals surface area contributed by atoms with Gasteiger partial charge in [0.05, 0.1) is 19.8 Å². The van der Waals surface area contributed by atoms with Gasteiger partial charge < -0.3 is 14.4 Å². The summed E-state index contributed by atoms with van der Waals surface area (Å²) < 4.78 is 11.3. The number of hydrogen-bond donors (Lipinski definition) is 1. The number of nitrogens with one attached hydrogen (secondary N) is 1. The normalized spacial score (nSPS) is 17.6. The molecule has 7 nitrogen and oxygen atoms in total. The van der Waals surface area contributed by atoms with Gasteiger partial charge in [-0.05, 0) is 12.0 Å². The highest BCUT2D eigenvalue weighted by molar-refractivity contribution is 5.77. The Hall–Kier alpha value is -2.25. The molecule has 1 N–H and O–H groups in total. The molecule has 25 heavy (non-hydrogen) atoms. The zero-order valence-electron chi connectivity index (χ0n) is 14.5. The fraction of sp³-hybridized carbons (Fsp3) is 0.500. The Balaban J connectivity index is 1.49. The van der Waals surface area contributed by atoms with Gasteiger partial charge in [-0.2, -0.15) is 5.10 Å². The third kappa shape index (κ3) is 4.87. The number of amides is 1. The molecule has 1 aromatic heterocycles. The van der Waals surface area contributed by atoms with Gasteiger partial charge in [0, 0.05) is 13.0 Å². The maximum atomic E-state index is 12.4. The number of H-pyrrole nitrogens is 1. The van der Waals surface area contributed by atoms with Crippen LogP contribution in [0.2, 0.25) is 0 Å². The second-order valence-electron chi connectivity index (χ2n) is 6.07. The van der Waals surface area contributed by atoms with E-state index in [0.29, 0.717) is 32.1 Å². The van der Waals surface area contributed by atoms with E-state index >= 15 is 0 Å². The number of aromatic nitrogens is 3. The summed E-state index contributed by atoms with van der Waals surface area (Å²) in [4.78, 5) is 18.6. The van der Waals surface area contributed by atoms with Crippen molar-refractivity contribution in [3.8, 4) is 0 Å². The highest BCUT2D eigenvalue weighted by Gasteiger charge is 2.28. The zero-order valence-corrected chi connectivity index (χ0v) is 14.5. The van der Waals surface area contributed by atoms with Crippen molar-refractivity contribution >= 4 is 5.91 Å². The van der Waals surface area contributed by atoms with E-state index in [9.17, 15) is 4.79 Å². The lowest BCUT2D eigenvalue weighted by molar-refractivity contribution is -0.144. The van der Waals surface area contributed by atoms with Crippen molar-refractivity contribution in [1.82, 2.24) is 20.1 Å². The Morgan fingerprint density at radius 2 is 2.24 bits per heavy atom. The van der Waals surface area contributed by atoms with Crippen molar-refractivity contribution in [2.75, 3.05) is 26.3 Å². The van der Waals surface area contributed by atoms with E-state index in [4.69, 9.17) is 9.47 Å². The largest absolute Gasteiger partial charge is 0.367 e. The van der Waals surface area contributed by atoms with Crippen molar-refractivity contribution < 1.29 is 14.3 Å². The monoisotopic (exact) mass is 344 g/mol. The lowest BCUT2D eigenvalue weighted by Gasteiger charge is -2.31. The molecular formula is C18H24N4O3. The van der Waals surface area contributed by atoms with Crippen molar-refractivity contribution in [2.24, 2.45) is 0 Å². The summed E-state index contributed by atoms with van der Waals surface area (Å²) in [7, 11) is 0. The number of morpholine rings is 1. The van der Waals surface area contributed by atoms with E-state index in [1.54, 1.807) is 4.90 Å². The van der Waals surface area contributed by atoms with Crippen LogP contribution in [0.25, 0.3) is 0 Å². The zero-order chi connectivity index (χ0) is 17.5. The van der Waals surface area contributed by atoms with Gasteiger partial charge in [0.2, 0.25) is 5.91 Å². The van der Waals surface area contributed by atoms with E-state index in [0.717, 1.165) is 24.2 Å². The summed E-state index contributed by atoms with van der Waals surface area (Å²) in [6.45, 7) is 4.09. The first-order valence-corrected chi connectivity index (χ1v) is 8.68. The van der Waals surface area contributed by atoms with Gasteiger partial charge in [-0.3, -0.25) is 9.89 Å². The van der Waals surface area contributed by atoms with Crippen LogP contribution in [0.15, 0.2) is 30.3 Å². The molecule has 2 heterocycles. The van der Waals surface area contributed by atoms with Gasteiger partial charge in [-0.1, -0.05) is 37.3 Å². The third-order valence-corrected chi connectivity index (χ3v) is 4.08. The molecule has 1 aliphatic rings. The Labute approximate surface area is 147 Å². The van der Waals surface area contributed by atoms with Crippen LogP contribution in [0.1, 0.15) is 36.7 Å². The minimum Gasteiger partial charge on any atom is -0.367 e. The third-order valence-electron chi connectivity index (χ3n) is 4.08. The first kappa shape index (κ1) is 17.6. The summed E-state index contributed by atoms with van der Waals surface area (Å²) in [5.74, 6) is 1.44. The van der Waals surface area contributed by atoms with Crippen LogP contribution in [-0.4, -0.2) is 52.3 Å². The predicted molar refractivity (Wildman–Crippen MR) is 91.7 cm³/mol. The van der Waals surface area contributed by atoms with Crippen LogP contribution < -0.4 is 0 Å². The second-order valence-corrected chi connectivity index (χ2v) is 6.07. The summed E-state index contributed by atoms with van der Waals surface area (Å²) >= 11 is 0. The molecule has 2 aromatic rings. The minimum absolute atomic E-state index is 0.0338. The van der Waals surface area contributed by atoms with Gasteiger partial charge in [-0.25, -0.2) is 4.98 Å².